The van der Waals surface area contributed by atoms with Crippen molar-refractivity contribution in [3.63, 3.8) is 0 Å². The molecule has 0 saturated carbocycles. The van der Waals surface area contributed by atoms with Gasteiger partial charge in [0.05, 0.1) is 6.04 Å². The predicted molar refractivity (Wildman–Crippen MR) is 72.9 cm³/mol. The summed E-state index contributed by atoms with van der Waals surface area (Å²) in [5.74, 6) is -1.15. The number of hydrogen-bond acceptors (Lipinski definition) is 1. The third kappa shape index (κ3) is 2.51. The first-order valence-electron chi connectivity index (χ1n) is 6.34. The number of nitrogens with two attached hydrogens (primary N) is 1. The molecule has 0 aromatic heterocycles. The zero-order chi connectivity index (χ0) is 14.0. The summed E-state index contributed by atoms with van der Waals surface area (Å²) in [5, 5.41) is 0. The molecule has 2 aromatic rings. The van der Waals surface area contributed by atoms with Crippen LogP contribution in [0.15, 0.2) is 36.4 Å². The van der Waals surface area contributed by atoms with Crippen molar-refractivity contribution in [2.75, 3.05) is 0 Å². The standard InChI is InChI=1S/C16H17F2N/c1-3-11-6-4-5-7-12(11)16(19)14-13(17)9-8-10(2)15(14)18/h4-9,16H,3,19H2,1-2H3. The maximum Gasteiger partial charge on any atom is 0.134 e. The van der Waals surface area contributed by atoms with E-state index in [9.17, 15) is 8.78 Å². The maximum absolute atomic E-state index is 14.1. The molecule has 0 saturated heterocycles. The Balaban J connectivity index is 2.56. The molecule has 0 aliphatic rings. The number of halogens is 2. The fourth-order valence-corrected chi connectivity index (χ4v) is 2.28. The Morgan fingerprint density at radius 1 is 1.11 bits per heavy atom. The van der Waals surface area contributed by atoms with E-state index in [1.807, 2.05) is 31.2 Å². The van der Waals surface area contributed by atoms with Crippen molar-refractivity contribution in [3.8, 4) is 0 Å². The molecule has 0 heterocycles. The van der Waals surface area contributed by atoms with Gasteiger partial charge >= 0.3 is 0 Å². The van der Waals surface area contributed by atoms with Gasteiger partial charge in [0, 0.05) is 5.56 Å². The lowest BCUT2D eigenvalue weighted by atomic mass is 9.92. The molecule has 2 N–H and O–H groups in total. The molecule has 2 rings (SSSR count). The molecule has 2 aromatic carbocycles. The Morgan fingerprint density at radius 2 is 1.79 bits per heavy atom. The van der Waals surface area contributed by atoms with Crippen LogP contribution < -0.4 is 5.73 Å². The normalized spacial score (nSPS) is 12.5. The molecule has 1 atom stereocenters. The zero-order valence-electron chi connectivity index (χ0n) is 11.1. The van der Waals surface area contributed by atoms with Gasteiger partial charge in [0.2, 0.25) is 0 Å². The van der Waals surface area contributed by atoms with Crippen LogP contribution in [0, 0.1) is 18.6 Å². The molecule has 0 fully saturated rings. The van der Waals surface area contributed by atoms with Gasteiger partial charge in [-0.3, -0.25) is 0 Å². The first kappa shape index (κ1) is 13.7. The highest BCUT2D eigenvalue weighted by atomic mass is 19.1. The van der Waals surface area contributed by atoms with E-state index < -0.39 is 17.7 Å². The Morgan fingerprint density at radius 3 is 2.47 bits per heavy atom. The summed E-state index contributed by atoms with van der Waals surface area (Å²) in [5.41, 5.74) is 8.21. The Hall–Kier alpha value is -1.74. The second kappa shape index (κ2) is 5.49. The maximum atomic E-state index is 14.1. The van der Waals surface area contributed by atoms with Crippen LogP contribution in [0.5, 0.6) is 0 Å². The minimum atomic E-state index is -0.781. The van der Waals surface area contributed by atoms with Crippen LogP contribution in [-0.2, 0) is 6.42 Å². The lowest BCUT2D eigenvalue weighted by Gasteiger charge is -2.18. The fraction of sp³-hybridized carbons (Fsp3) is 0.250. The molecule has 0 aliphatic carbocycles. The largest absolute Gasteiger partial charge is 0.320 e. The van der Waals surface area contributed by atoms with E-state index >= 15 is 0 Å². The molecule has 0 radical (unpaired) electrons. The SMILES string of the molecule is CCc1ccccc1C(N)c1c(F)ccc(C)c1F. The number of benzene rings is 2. The van der Waals surface area contributed by atoms with Gasteiger partial charge in [-0.2, -0.15) is 0 Å². The van der Waals surface area contributed by atoms with E-state index in [1.165, 1.54) is 12.1 Å². The summed E-state index contributed by atoms with van der Waals surface area (Å²) in [4.78, 5) is 0. The predicted octanol–water partition coefficient (Wildman–Crippen LogP) is 3.88. The van der Waals surface area contributed by atoms with Crippen LogP contribution in [0.4, 0.5) is 8.78 Å². The van der Waals surface area contributed by atoms with Crippen LogP contribution >= 0.6 is 0 Å². The van der Waals surface area contributed by atoms with E-state index in [-0.39, 0.29) is 5.56 Å². The zero-order valence-corrected chi connectivity index (χ0v) is 11.1. The van der Waals surface area contributed by atoms with Gasteiger partial charge in [-0.25, -0.2) is 8.78 Å². The van der Waals surface area contributed by atoms with Gasteiger partial charge in [-0.05, 0) is 36.1 Å². The van der Waals surface area contributed by atoms with Crippen molar-refractivity contribution in [1.82, 2.24) is 0 Å². The van der Waals surface area contributed by atoms with Crippen LogP contribution in [-0.4, -0.2) is 0 Å². The smallest absolute Gasteiger partial charge is 0.134 e. The second-order valence-electron chi connectivity index (χ2n) is 4.62. The van der Waals surface area contributed by atoms with Crippen LogP contribution in [0.2, 0.25) is 0 Å². The van der Waals surface area contributed by atoms with E-state index in [0.717, 1.165) is 17.5 Å². The first-order valence-corrected chi connectivity index (χ1v) is 6.34. The van der Waals surface area contributed by atoms with Gasteiger partial charge < -0.3 is 5.73 Å². The molecule has 100 valence electrons. The lowest BCUT2D eigenvalue weighted by Crippen LogP contribution is -2.18. The van der Waals surface area contributed by atoms with E-state index in [2.05, 4.69) is 0 Å². The third-order valence-electron chi connectivity index (χ3n) is 3.40. The highest BCUT2D eigenvalue weighted by molar-refractivity contribution is 5.39. The fourth-order valence-electron chi connectivity index (χ4n) is 2.28. The monoisotopic (exact) mass is 261 g/mol. The van der Waals surface area contributed by atoms with E-state index in [4.69, 9.17) is 5.73 Å². The van der Waals surface area contributed by atoms with Crippen molar-refractivity contribution in [3.05, 3.63) is 70.3 Å². The molecular formula is C16H17F2N. The summed E-state index contributed by atoms with van der Waals surface area (Å²) in [6.07, 6.45) is 0.777. The number of rotatable bonds is 3. The van der Waals surface area contributed by atoms with Gasteiger partial charge in [0.25, 0.3) is 0 Å². The van der Waals surface area contributed by atoms with Crippen LogP contribution in [0.3, 0.4) is 0 Å². The molecule has 0 bridgehead atoms. The molecule has 19 heavy (non-hydrogen) atoms. The minimum Gasteiger partial charge on any atom is -0.320 e. The number of hydrogen-bond donors (Lipinski definition) is 1. The molecular weight excluding hydrogens is 244 g/mol. The highest BCUT2D eigenvalue weighted by Gasteiger charge is 2.21. The third-order valence-corrected chi connectivity index (χ3v) is 3.40. The van der Waals surface area contributed by atoms with Crippen molar-refractivity contribution in [1.29, 1.82) is 0 Å². The summed E-state index contributed by atoms with van der Waals surface area (Å²) >= 11 is 0. The quantitative estimate of drug-likeness (QED) is 0.891. The lowest BCUT2D eigenvalue weighted by molar-refractivity contribution is 0.537. The van der Waals surface area contributed by atoms with Crippen LogP contribution in [0.1, 0.15) is 35.2 Å². The first-order chi connectivity index (χ1) is 9.06. The Bertz CT molecular complexity index is 593. The molecule has 0 spiro atoms. The second-order valence-corrected chi connectivity index (χ2v) is 4.62. The van der Waals surface area contributed by atoms with Crippen molar-refractivity contribution < 1.29 is 8.78 Å². The Labute approximate surface area is 112 Å². The van der Waals surface area contributed by atoms with Gasteiger partial charge in [0.15, 0.2) is 0 Å². The molecule has 0 aliphatic heterocycles. The topological polar surface area (TPSA) is 26.0 Å². The molecule has 1 unspecified atom stereocenters. The molecule has 3 heteroatoms. The highest BCUT2D eigenvalue weighted by Crippen LogP contribution is 2.28. The molecule has 1 nitrogen and oxygen atoms in total. The average molecular weight is 261 g/mol. The minimum absolute atomic E-state index is 0.0547. The summed E-state index contributed by atoms with van der Waals surface area (Å²) in [6, 6.07) is 9.40. The van der Waals surface area contributed by atoms with E-state index in [1.54, 1.807) is 6.92 Å². The van der Waals surface area contributed by atoms with Crippen molar-refractivity contribution in [2.45, 2.75) is 26.3 Å². The summed E-state index contributed by atoms with van der Waals surface area (Å²) in [6.45, 7) is 3.60. The summed E-state index contributed by atoms with van der Waals surface area (Å²) in [7, 11) is 0. The van der Waals surface area contributed by atoms with Crippen LogP contribution in [0.25, 0.3) is 0 Å². The summed E-state index contributed by atoms with van der Waals surface area (Å²) < 4.78 is 28.0. The van der Waals surface area contributed by atoms with E-state index in [0.29, 0.717) is 5.56 Å². The van der Waals surface area contributed by atoms with Gasteiger partial charge in [0.1, 0.15) is 11.6 Å². The Kier molecular flexibility index (Phi) is 3.96. The van der Waals surface area contributed by atoms with Gasteiger partial charge in [-0.1, -0.05) is 37.3 Å². The van der Waals surface area contributed by atoms with Crippen molar-refractivity contribution in [2.24, 2.45) is 5.73 Å². The average Bonchev–Trinajstić information content (AvgIpc) is 2.43. The van der Waals surface area contributed by atoms with Crippen molar-refractivity contribution >= 4 is 0 Å². The number of aryl methyl sites for hydroxylation is 2. The van der Waals surface area contributed by atoms with Gasteiger partial charge in [-0.15, -0.1) is 0 Å². The molecule has 0 amide bonds.